The van der Waals surface area contributed by atoms with Crippen LogP contribution in [0.4, 0.5) is 4.39 Å². The lowest BCUT2D eigenvalue weighted by Gasteiger charge is -2.38. The van der Waals surface area contributed by atoms with Crippen molar-refractivity contribution in [2.24, 2.45) is 5.92 Å². The summed E-state index contributed by atoms with van der Waals surface area (Å²) in [6.45, 7) is 5.93. The van der Waals surface area contributed by atoms with Crippen molar-refractivity contribution in [3.63, 3.8) is 0 Å². The quantitative estimate of drug-likeness (QED) is 0.771. The average Bonchev–Trinajstić information content (AvgIpc) is 2.64. The highest BCUT2D eigenvalue weighted by Gasteiger charge is 2.29. The molecule has 1 N–H and O–H groups in total. The minimum absolute atomic E-state index is 0.0498. The number of halogens is 1. The van der Waals surface area contributed by atoms with Gasteiger partial charge < -0.3 is 10.0 Å². The van der Waals surface area contributed by atoms with Gasteiger partial charge in [0, 0.05) is 25.0 Å². The van der Waals surface area contributed by atoms with E-state index < -0.39 is 5.97 Å². The van der Waals surface area contributed by atoms with E-state index in [2.05, 4.69) is 0 Å². The van der Waals surface area contributed by atoms with Gasteiger partial charge in [0.25, 0.3) is 0 Å². The van der Waals surface area contributed by atoms with Gasteiger partial charge in [-0.3, -0.25) is 14.5 Å². The maximum absolute atomic E-state index is 13.7. The van der Waals surface area contributed by atoms with Crippen molar-refractivity contribution in [2.75, 3.05) is 26.2 Å². The highest BCUT2D eigenvalue weighted by molar-refractivity contribution is 5.78. The predicted octanol–water partition coefficient (Wildman–Crippen LogP) is 2.79. The second-order valence-electron chi connectivity index (χ2n) is 7.04. The van der Waals surface area contributed by atoms with Crippen LogP contribution in [0.15, 0.2) is 24.3 Å². The highest BCUT2D eigenvalue weighted by Crippen LogP contribution is 2.20. The summed E-state index contributed by atoms with van der Waals surface area (Å²) < 4.78 is 13.7. The molecule has 2 rings (SSSR count). The number of amides is 1. The van der Waals surface area contributed by atoms with Crippen LogP contribution in [-0.2, 0) is 16.0 Å². The average molecular weight is 364 g/mol. The Morgan fingerprint density at radius 2 is 1.96 bits per heavy atom. The number of piperidine rings is 1. The number of carboxylic acids is 1. The number of carboxylic acid groups (broad SMARTS) is 1. The molecule has 0 aromatic heterocycles. The lowest BCUT2D eigenvalue weighted by Crippen LogP contribution is -2.49. The standard InChI is InChI=1S/C20H29FN2O3/c1-3-22(14-19(24)25)17-10-12-23(13-11-17)20(26)15(2)8-9-16-6-4-5-7-18(16)21/h4-7,15,17H,3,8-14H2,1-2H3,(H,24,25). The van der Waals surface area contributed by atoms with E-state index in [-0.39, 0.29) is 30.2 Å². The van der Waals surface area contributed by atoms with Crippen molar-refractivity contribution in [3.05, 3.63) is 35.6 Å². The number of hydrogen-bond acceptors (Lipinski definition) is 3. The Bertz CT molecular complexity index is 615. The minimum atomic E-state index is -0.813. The second-order valence-corrected chi connectivity index (χ2v) is 7.04. The van der Waals surface area contributed by atoms with Gasteiger partial charge in [0.2, 0.25) is 5.91 Å². The number of hydrogen-bond donors (Lipinski definition) is 1. The van der Waals surface area contributed by atoms with Crippen LogP contribution < -0.4 is 0 Å². The first kappa shape index (κ1) is 20.4. The molecule has 0 radical (unpaired) electrons. The van der Waals surface area contributed by atoms with Crippen LogP contribution >= 0.6 is 0 Å². The van der Waals surface area contributed by atoms with Gasteiger partial charge >= 0.3 is 5.97 Å². The lowest BCUT2D eigenvalue weighted by atomic mass is 9.97. The highest BCUT2D eigenvalue weighted by atomic mass is 19.1. The third-order valence-corrected chi connectivity index (χ3v) is 5.26. The molecule has 1 heterocycles. The smallest absolute Gasteiger partial charge is 0.317 e. The van der Waals surface area contributed by atoms with E-state index in [1.807, 2.05) is 29.7 Å². The van der Waals surface area contributed by atoms with E-state index in [0.717, 1.165) is 12.8 Å². The Morgan fingerprint density at radius 3 is 2.54 bits per heavy atom. The van der Waals surface area contributed by atoms with Gasteiger partial charge in [0.05, 0.1) is 6.54 Å². The van der Waals surface area contributed by atoms with Crippen molar-refractivity contribution in [3.8, 4) is 0 Å². The predicted molar refractivity (Wildman–Crippen MR) is 98.4 cm³/mol. The van der Waals surface area contributed by atoms with Crippen molar-refractivity contribution < 1.29 is 19.1 Å². The van der Waals surface area contributed by atoms with Crippen molar-refractivity contribution in [1.82, 2.24) is 9.80 Å². The Hall–Kier alpha value is -1.95. The fourth-order valence-electron chi connectivity index (χ4n) is 3.63. The monoisotopic (exact) mass is 364 g/mol. The molecular weight excluding hydrogens is 335 g/mol. The van der Waals surface area contributed by atoms with E-state index in [4.69, 9.17) is 5.11 Å². The number of benzene rings is 1. The zero-order chi connectivity index (χ0) is 19.1. The molecule has 6 heteroatoms. The van der Waals surface area contributed by atoms with Gasteiger partial charge in [-0.15, -0.1) is 0 Å². The molecule has 0 bridgehead atoms. The molecule has 0 saturated carbocycles. The maximum atomic E-state index is 13.7. The van der Waals surface area contributed by atoms with E-state index in [9.17, 15) is 14.0 Å². The van der Waals surface area contributed by atoms with E-state index in [0.29, 0.717) is 38.0 Å². The number of carbonyl (C=O) groups is 2. The minimum Gasteiger partial charge on any atom is -0.480 e. The number of aryl methyl sites for hydroxylation is 1. The molecule has 1 aliphatic rings. The topological polar surface area (TPSA) is 60.9 Å². The van der Waals surface area contributed by atoms with Crippen LogP contribution in [0.1, 0.15) is 38.7 Å². The first-order valence-corrected chi connectivity index (χ1v) is 9.40. The Labute approximate surface area is 154 Å². The molecule has 1 unspecified atom stereocenters. The zero-order valence-electron chi connectivity index (χ0n) is 15.7. The molecule has 1 atom stereocenters. The summed E-state index contributed by atoms with van der Waals surface area (Å²) >= 11 is 0. The van der Waals surface area contributed by atoms with Gasteiger partial charge in [-0.05, 0) is 43.9 Å². The molecule has 1 aliphatic heterocycles. The second kappa shape index (κ2) is 9.67. The molecule has 1 aromatic rings. The normalized spacial score (nSPS) is 16.7. The Balaban J connectivity index is 1.81. The molecule has 1 amide bonds. The first-order valence-electron chi connectivity index (χ1n) is 9.40. The van der Waals surface area contributed by atoms with Gasteiger partial charge in [-0.2, -0.15) is 0 Å². The summed E-state index contributed by atoms with van der Waals surface area (Å²) in [5.41, 5.74) is 0.651. The van der Waals surface area contributed by atoms with Crippen LogP contribution in [0.2, 0.25) is 0 Å². The van der Waals surface area contributed by atoms with Crippen molar-refractivity contribution in [1.29, 1.82) is 0 Å². The molecule has 1 aromatic carbocycles. The van der Waals surface area contributed by atoms with E-state index >= 15 is 0 Å². The van der Waals surface area contributed by atoms with Crippen LogP contribution in [0.3, 0.4) is 0 Å². The third-order valence-electron chi connectivity index (χ3n) is 5.26. The molecule has 1 saturated heterocycles. The van der Waals surface area contributed by atoms with Crippen LogP contribution in [0.5, 0.6) is 0 Å². The number of likely N-dealkylation sites (N-methyl/N-ethyl adjacent to an activating group) is 1. The third kappa shape index (κ3) is 5.53. The molecule has 1 fully saturated rings. The maximum Gasteiger partial charge on any atom is 0.317 e. The fraction of sp³-hybridized carbons (Fsp3) is 0.600. The SMILES string of the molecule is CCN(CC(=O)O)C1CCN(C(=O)C(C)CCc2ccccc2F)CC1. The lowest BCUT2D eigenvalue weighted by molar-refractivity contribution is -0.141. The molecule has 0 spiro atoms. The van der Waals surface area contributed by atoms with Crippen LogP contribution in [-0.4, -0.2) is 59.0 Å². The molecule has 0 aliphatic carbocycles. The number of nitrogens with zero attached hydrogens (tertiary/aromatic N) is 2. The van der Waals surface area contributed by atoms with Gasteiger partial charge in [-0.1, -0.05) is 32.0 Å². The molecule has 5 nitrogen and oxygen atoms in total. The largest absolute Gasteiger partial charge is 0.480 e. The van der Waals surface area contributed by atoms with E-state index in [1.54, 1.807) is 12.1 Å². The summed E-state index contributed by atoms with van der Waals surface area (Å²) in [5.74, 6) is -1.06. The summed E-state index contributed by atoms with van der Waals surface area (Å²) in [5, 5.41) is 9.00. The number of aliphatic carboxylic acids is 1. The number of carbonyl (C=O) groups excluding carboxylic acids is 1. The van der Waals surface area contributed by atoms with Gasteiger partial charge in [-0.25, -0.2) is 4.39 Å². The fourth-order valence-corrected chi connectivity index (χ4v) is 3.63. The molecule has 26 heavy (non-hydrogen) atoms. The van der Waals surface area contributed by atoms with Crippen molar-refractivity contribution >= 4 is 11.9 Å². The summed E-state index contributed by atoms with van der Waals surface area (Å²) in [7, 11) is 0. The number of likely N-dealkylation sites (tertiary alicyclic amines) is 1. The molecular formula is C20H29FN2O3. The first-order chi connectivity index (χ1) is 12.4. The Morgan fingerprint density at radius 1 is 1.31 bits per heavy atom. The van der Waals surface area contributed by atoms with Crippen LogP contribution in [0.25, 0.3) is 0 Å². The Kier molecular flexibility index (Phi) is 7.57. The number of rotatable bonds is 8. The summed E-state index contributed by atoms with van der Waals surface area (Å²) in [6.07, 6.45) is 2.78. The van der Waals surface area contributed by atoms with E-state index in [1.165, 1.54) is 6.07 Å². The van der Waals surface area contributed by atoms with Gasteiger partial charge in [0.1, 0.15) is 5.82 Å². The molecule has 144 valence electrons. The zero-order valence-corrected chi connectivity index (χ0v) is 15.7. The summed E-state index contributed by atoms with van der Waals surface area (Å²) in [4.78, 5) is 27.4. The van der Waals surface area contributed by atoms with Gasteiger partial charge in [0.15, 0.2) is 0 Å². The van der Waals surface area contributed by atoms with Crippen LogP contribution in [0, 0.1) is 11.7 Å². The summed E-state index contributed by atoms with van der Waals surface area (Å²) in [6, 6.07) is 6.91. The van der Waals surface area contributed by atoms with Crippen molar-refractivity contribution in [2.45, 2.75) is 45.6 Å².